The zero-order chi connectivity index (χ0) is 13.8. The van der Waals surface area contributed by atoms with Crippen LogP contribution in [0.5, 0.6) is 5.75 Å². The Hall–Kier alpha value is -1.55. The van der Waals surface area contributed by atoms with Gasteiger partial charge in [-0.2, -0.15) is 0 Å². The Morgan fingerprint density at radius 3 is 2.39 bits per heavy atom. The van der Waals surface area contributed by atoms with E-state index in [0.29, 0.717) is 6.42 Å². The van der Waals surface area contributed by atoms with Gasteiger partial charge in [0.25, 0.3) is 0 Å². The number of nitrogens with two attached hydrogens (primary N) is 1. The van der Waals surface area contributed by atoms with E-state index in [-0.39, 0.29) is 0 Å². The average molecular weight is 251 g/mol. The van der Waals surface area contributed by atoms with E-state index in [1.165, 1.54) is 12.7 Å². The van der Waals surface area contributed by atoms with Crippen LogP contribution in [0, 0.1) is 6.92 Å². The molecule has 1 aromatic carbocycles. The fraction of sp³-hybridized carbons (Fsp3) is 0.500. The highest BCUT2D eigenvalue weighted by Gasteiger charge is 2.27. The van der Waals surface area contributed by atoms with Gasteiger partial charge in [0.15, 0.2) is 0 Å². The van der Waals surface area contributed by atoms with Crippen LogP contribution in [0.15, 0.2) is 24.3 Å². The van der Waals surface area contributed by atoms with Crippen molar-refractivity contribution in [2.24, 2.45) is 5.73 Å². The summed E-state index contributed by atoms with van der Waals surface area (Å²) in [5, 5.41) is 0. The molecule has 0 aliphatic carbocycles. The van der Waals surface area contributed by atoms with E-state index in [2.05, 4.69) is 4.74 Å². The molecule has 0 radical (unpaired) electrons. The Balaban J connectivity index is 2.64. The summed E-state index contributed by atoms with van der Waals surface area (Å²) < 4.78 is 10.4. The summed E-state index contributed by atoms with van der Waals surface area (Å²) in [6, 6.07) is 7.09. The number of ether oxygens (including phenoxy) is 2. The number of carbonyl (C=O) groups is 1. The zero-order valence-corrected chi connectivity index (χ0v) is 11.4. The molecule has 0 aliphatic heterocycles. The molecule has 4 nitrogen and oxygen atoms in total. The van der Waals surface area contributed by atoms with E-state index in [9.17, 15) is 4.79 Å². The number of hydrogen-bond acceptors (Lipinski definition) is 4. The molecule has 0 bridgehead atoms. The molecule has 4 heteroatoms. The fourth-order valence-electron chi connectivity index (χ4n) is 1.73. The van der Waals surface area contributed by atoms with E-state index < -0.39 is 17.6 Å². The van der Waals surface area contributed by atoms with Gasteiger partial charge in [-0.05, 0) is 32.9 Å². The lowest BCUT2D eigenvalue weighted by molar-refractivity contribution is -0.143. The highest BCUT2D eigenvalue weighted by molar-refractivity contribution is 5.75. The summed E-state index contributed by atoms with van der Waals surface area (Å²) in [5.41, 5.74) is 6.38. The van der Waals surface area contributed by atoms with Crippen LogP contribution in [0.2, 0.25) is 0 Å². The normalized spacial score (nSPS) is 12.9. The summed E-state index contributed by atoms with van der Waals surface area (Å²) >= 11 is 0. The smallest absolute Gasteiger partial charge is 0.322 e. The minimum atomic E-state index is -0.671. The number of benzene rings is 1. The van der Waals surface area contributed by atoms with E-state index in [1.807, 2.05) is 45.0 Å². The molecule has 1 rings (SSSR count). The molecule has 0 spiro atoms. The Morgan fingerprint density at radius 1 is 1.33 bits per heavy atom. The lowest BCUT2D eigenvalue weighted by Crippen LogP contribution is -2.41. The Morgan fingerprint density at radius 2 is 1.89 bits per heavy atom. The van der Waals surface area contributed by atoms with Crippen molar-refractivity contribution in [2.45, 2.75) is 38.8 Å². The first-order chi connectivity index (χ1) is 8.34. The van der Waals surface area contributed by atoms with Crippen molar-refractivity contribution in [3.05, 3.63) is 29.8 Å². The van der Waals surface area contributed by atoms with E-state index in [1.54, 1.807) is 0 Å². The van der Waals surface area contributed by atoms with Gasteiger partial charge in [0, 0.05) is 6.42 Å². The number of esters is 1. The predicted octanol–water partition coefficient (Wildman–Crippen LogP) is 2.04. The molecule has 0 fully saturated rings. The van der Waals surface area contributed by atoms with Crippen LogP contribution < -0.4 is 10.5 Å². The van der Waals surface area contributed by atoms with Crippen molar-refractivity contribution in [2.75, 3.05) is 7.11 Å². The Labute approximate surface area is 108 Å². The number of aryl methyl sites for hydroxylation is 1. The summed E-state index contributed by atoms with van der Waals surface area (Å²) in [7, 11) is 1.33. The third-order valence-corrected chi connectivity index (χ3v) is 2.63. The molecule has 0 aromatic heterocycles. The molecular formula is C14H21NO3. The molecule has 18 heavy (non-hydrogen) atoms. The van der Waals surface area contributed by atoms with Crippen LogP contribution in [-0.4, -0.2) is 24.7 Å². The summed E-state index contributed by atoms with van der Waals surface area (Å²) in [6.45, 7) is 5.81. The number of carbonyl (C=O) groups excluding carboxylic acids is 1. The van der Waals surface area contributed by atoms with Crippen LogP contribution in [0.1, 0.15) is 25.8 Å². The van der Waals surface area contributed by atoms with Crippen molar-refractivity contribution in [3.63, 3.8) is 0 Å². The Kier molecular flexibility index (Phi) is 4.73. The SMILES string of the molecule is COC(=O)C(N)CC(C)(C)Oc1ccc(C)cc1. The monoisotopic (exact) mass is 251 g/mol. The second kappa shape index (κ2) is 5.87. The quantitative estimate of drug-likeness (QED) is 0.813. The van der Waals surface area contributed by atoms with Crippen molar-refractivity contribution >= 4 is 5.97 Å². The third-order valence-electron chi connectivity index (χ3n) is 2.63. The van der Waals surface area contributed by atoms with Gasteiger partial charge in [-0.15, -0.1) is 0 Å². The Bertz CT molecular complexity index is 398. The second-order valence-corrected chi connectivity index (χ2v) is 5.01. The molecule has 2 N–H and O–H groups in total. The average Bonchev–Trinajstić information content (AvgIpc) is 2.30. The van der Waals surface area contributed by atoms with Gasteiger partial charge in [0.2, 0.25) is 0 Å². The fourth-order valence-corrected chi connectivity index (χ4v) is 1.73. The van der Waals surface area contributed by atoms with Gasteiger partial charge < -0.3 is 15.2 Å². The molecule has 1 unspecified atom stereocenters. The first kappa shape index (κ1) is 14.5. The number of methoxy groups -OCH3 is 1. The molecular weight excluding hydrogens is 230 g/mol. The first-order valence-electron chi connectivity index (χ1n) is 5.93. The van der Waals surface area contributed by atoms with Gasteiger partial charge in [0.1, 0.15) is 17.4 Å². The lowest BCUT2D eigenvalue weighted by atomic mass is 9.99. The largest absolute Gasteiger partial charge is 0.488 e. The minimum absolute atomic E-state index is 0.396. The van der Waals surface area contributed by atoms with Gasteiger partial charge in [-0.25, -0.2) is 0 Å². The van der Waals surface area contributed by atoms with Crippen LogP contribution in [0.3, 0.4) is 0 Å². The molecule has 0 heterocycles. The standard InChI is InChI=1S/C14H21NO3/c1-10-5-7-11(8-6-10)18-14(2,3)9-12(15)13(16)17-4/h5-8,12H,9,15H2,1-4H3. The molecule has 0 aliphatic rings. The second-order valence-electron chi connectivity index (χ2n) is 5.01. The van der Waals surface area contributed by atoms with E-state index >= 15 is 0 Å². The highest BCUT2D eigenvalue weighted by atomic mass is 16.5. The maximum Gasteiger partial charge on any atom is 0.322 e. The zero-order valence-electron chi connectivity index (χ0n) is 11.4. The van der Waals surface area contributed by atoms with Crippen LogP contribution in [-0.2, 0) is 9.53 Å². The topological polar surface area (TPSA) is 61.5 Å². The first-order valence-corrected chi connectivity index (χ1v) is 5.93. The number of hydrogen-bond donors (Lipinski definition) is 1. The van der Waals surface area contributed by atoms with E-state index in [0.717, 1.165) is 5.75 Å². The maximum absolute atomic E-state index is 11.3. The lowest BCUT2D eigenvalue weighted by Gasteiger charge is -2.28. The van der Waals surface area contributed by atoms with Crippen molar-refractivity contribution in [1.82, 2.24) is 0 Å². The van der Waals surface area contributed by atoms with Crippen molar-refractivity contribution < 1.29 is 14.3 Å². The molecule has 0 amide bonds. The van der Waals surface area contributed by atoms with Crippen molar-refractivity contribution in [1.29, 1.82) is 0 Å². The summed E-state index contributed by atoms with van der Waals surface area (Å²) in [5.74, 6) is 0.346. The van der Waals surface area contributed by atoms with Crippen molar-refractivity contribution in [3.8, 4) is 5.75 Å². The molecule has 1 atom stereocenters. The van der Waals surface area contributed by atoms with Gasteiger partial charge >= 0.3 is 5.97 Å². The molecule has 0 saturated heterocycles. The van der Waals surface area contributed by atoms with Gasteiger partial charge in [0.05, 0.1) is 7.11 Å². The summed E-state index contributed by atoms with van der Waals surface area (Å²) in [6.07, 6.45) is 0.396. The third kappa shape index (κ3) is 4.37. The molecule has 1 aromatic rings. The minimum Gasteiger partial charge on any atom is -0.488 e. The number of rotatable bonds is 5. The predicted molar refractivity (Wildman–Crippen MR) is 70.5 cm³/mol. The van der Waals surface area contributed by atoms with E-state index in [4.69, 9.17) is 10.5 Å². The summed E-state index contributed by atoms with van der Waals surface area (Å²) in [4.78, 5) is 11.3. The van der Waals surface area contributed by atoms with Gasteiger partial charge in [-0.3, -0.25) is 4.79 Å². The van der Waals surface area contributed by atoms with Crippen LogP contribution >= 0.6 is 0 Å². The maximum atomic E-state index is 11.3. The molecule has 0 saturated carbocycles. The van der Waals surface area contributed by atoms with Gasteiger partial charge in [-0.1, -0.05) is 17.7 Å². The molecule has 100 valence electrons. The van der Waals surface area contributed by atoms with Crippen LogP contribution in [0.4, 0.5) is 0 Å². The van der Waals surface area contributed by atoms with Crippen LogP contribution in [0.25, 0.3) is 0 Å². The highest BCUT2D eigenvalue weighted by Crippen LogP contribution is 2.22.